The molecule has 7 heteroatoms. The molecule has 1 aliphatic heterocycles. The molecule has 3 rings (SSSR count). The Balaban J connectivity index is 1.72. The number of hydrogen-bond donors (Lipinski definition) is 0. The molecule has 1 unspecified atom stereocenters. The summed E-state index contributed by atoms with van der Waals surface area (Å²) in [6, 6.07) is 5.31. The van der Waals surface area contributed by atoms with Crippen molar-refractivity contribution >= 4 is 17.2 Å². The lowest BCUT2D eigenvalue weighted by Gasteiger charge is -2.19. The summed E-state index contributed by atoms with van der Waals surface area (Å²) in [5, 5.41) is 2.51. The van der Waals surface area contributed by atoms with Gasteiger partial charge in [0.15, 0.2) is 11.5 Å². The van der Waals surface area contributed by atoms with Gasteiger partial charge in [-0.1, -0.05) is 17.4 Å². The Morgan fingerprint density at radius 3 is 2.91 bits per heavy atom. The topological polar surface area (TPSA) is 60.9 Å². The van der Waals surface area contributed by atoms with E-state index in [1.807, 2.05) is 5.38 Å². The van der Waals surface area contributed by atoms with Crippen LogP contribution < -0.4 is 14.2 Å². The lowest BCUT2D eigenvalue weighted by Crippen LogP contribution is -2.31. The normalized spacial score (nSPS) is 17.1. The standard InChI is InChI=1S/C16H18N2O4S/c1-20-13-5-3-4-12(14(13)21-2)15(19)18-8-6-11(10-18)22-16-17-7-9-23-16/h3-5,7,9,11H,6,8,10H2,1-2H3. The van der Waals surface area contributed by atoms with Gasteiger partial charge in [-0.15, -0.1) is 0 Å². The maximum absolute atomic E-state index is 12.8. The zero-order valence-electron chi connectivity index (χ0n) is 13.0. The second-order valence-electron chi connectivity index (χ2n) is 5.12. The second-order valence-corrected chi connectivity index (χ2v) is 5.98. The van der Waals surface area contributed by atoms with Crippen molar-refractivity contribution in [1.82, 2.24) is 9.88 Å². The number of aromatic nitrogens is 1. The Morgan fingerprint density at radius 1 is 1.35 bits per heavy atom. The highest BCUT2D eigenvalue weighted by molar-refractivity contribution is 7.11. The number of nitrogens with zero attached hydrogens (tertiary/aromatic N) is 2. The predicted molar refractivity (Wildman–Crippen MR) is 86.6 cm³/mol. The van der Waals surface area contributed by atoms with Gasteiger partial charge in [-0.2, -0.15) is 0 Å². The van der Waals surface area contributed by atoms with Crippen molar-refractivity contribution in [2.24, 2.45) is 0 Å². The van der Waals surface area contributed by atoms with Crippen LogP contribution >= 0.6 is 11.3 Å². The molecule has 1 aromatic heterocycles. The van der Waals surface area contributed by atoms with Crippen molar-refractivity contribution in [3.05, 3.63) is 35.3 Å². The Labute approximate surface area is 138 Å². The fourth-order valence-corrected chi connectivity index (χ4v) is 3.20. The van der Waals surface area contributed by atoms with Crippen LogP contribution in [0.25, 0.3) is 0 Å². The van der Waals surface area contributed by atoms with Crippen LogP contribution in [0, 0.1) is 0 Å². The third-order valence-corrected chi connectivity index (χ3v) is 4.40. The zero-order valence-corrected chi connectivity index (χ0v) is 13.8. The highest BCUT2D eigenvalue weighted by Gasteiger charge is 2.30. The van der Waals surface area contributed by atoms with E-state index >= 15 is 0 Å². The van der Waals surface area contributed by atoms with Crippen LogP contribution in [0.3, 0.4) is 0 Å². The highest BCUT2D eigenvalue weighted by Crippen LogP contribution is 2.32. The van der Waals surface area contributed by atoms with E-state index in [4.69, 9.17) is 14.2 Å². The maximum atomic E-state index is 12.8. The van der Waals surface area contributed by atoms with Gasteiger partial charge in [0.1, 0.15) is 6.10 Å². The van der Waals surface area contributed by atoms with E-state index in [2.05, 4.69) is 4.98 Å². The van der Waals surface area contributed by atoms with Gasteiger partial charge in [0.2, 0.25) is 0 Å². The van der Waals surface area contributed by atoms with Crippen LogP contribution in [0.5, 0.6) is 16.7 Å². The van der Waals surface area contributed by atoms with Gasteiger partial charge in [-0.3, -0.25) is 4.79 Å². The van der Waals surface area contributed by atoms with Gasteiger partial charge in [0, 0.05) is 24.5 Å². The number of methoxy groups -OCH3 is 2. The summed E-state index contributed by atoms with van der Waals surface area (Å²) < 4.78 is 16.4. The van der Waals surface area contributed by atoms with Crippen LogP contribution in [0.15, 0.2) is 29.8 Å². The van der Waals surface area contributed by atoms with Crippen molar-refractivity contribution in [2.75, 3.05) is 27.3 Å². The first-order valence-corrected chi connectivity index (χ1v) is 8.17. The minimum Gasteiger partial charge on any atom is -0.493 e. The Bertz CT molecular complexity index is 675. The molecule has 1 fully saturated rings. The van der Waals surface area contributed by atoms with Crippen LogP contribution in [0.1, 0.15) is 16.8 Å². The fourth-order valence-electron chi connectivity index (χ4n) is 2.65. The monoisotopic (exact) mass is 334 g/mol. The minimum atomic E-state index is -0.0778. The third kappa shape index (κ3) is 3.24. The summed E-state index contributed by atoms with van der Waals surface area (Å²) in [4.78, 5) is 18.7. The molecule has 0 N–H and O–H groups in total. The van der Waals surface area contributed by atoms with Gasteiger partial charge >= 0.3 is 0 Å². The van der Waals surface area contributed by atoms with E-state index in [1.165, 1.54) is 18.4 Å². The Morgan fingerprint density at radius 2 is 2.22 bits per heavy atom. The summed E-state index contributed by atoms with van der Waals surface area (Å²) in [6.45, 7) is 1.19. The summed E-state index contributed by atoms with van der Waals surface area (Å²) in [7, 11) is 3.09. The number of ether oxygens (including phenoxy) is 3. The van der Waals surface area contributed by atoms with Crippen molar-refractivity contribution in [1.29, 1.82) is 0 Å². The van der Waals surface area contributed by atoms with E-state index in [9.17, 15) is 4.79 Å². The molecular formula is C16H18N2O4S. The van der Waals surface area contributed by atoms with Gasteiger partial charge in [-0.05, 0) is 12.1 Å². The lowest BCUT2D eigenvalue weighted by molar-refractivity contribution is 0.0768. The number of thiazole rings is 1. The SMILES string of the molecule is COc1cccc(C(=O)N2CCC(Oc3nccs3)C2)c1OC. The molecule has 1 aliphatic rings. The summed E-state index contributed by atoms with van der Waals surface area (Å²) >= 11 is 1.45. The number of likely N-dealkylation sites (tertiary alicyclic amines) is 1. The minimum absolute atomic E-state index is 0.0262. The molecule has 1 saturated heterocycles. The number of amides is 1. The molecular weight excluding hydrogens is 316 g/mol. The molecule has 0 aliphatic carbocycles. The average molecular weight is 334 g/mol. The van der Waals surface area contributed by atoms with E-state index in [0.717, 1.165) is 6.42 Å². The van der Waals surface area contributed by atoms with Crippen molar-refractivity contribution < 1.29 is 19.0 Å². The molecule has 1 aromatic carbocycles. The number of carbonyl (C=O) groups is 1. The molecule has 122 valence electrons. The predicted octanol–water partition coefficient (Wildman–Crippen LogP) is 2.45. The second kappa shape index (κ2) is 6.87. The van der Waals surface area contributed by atoms with Crippen LogP contribution in [0.4, 0.5) is 0 Å². The van der Waals surface area contributed by atoms with Gasteiger partial charge < -0.3 is 19.1 Å². The Kier molecular flexibility index (Phi) is 4.66. The van der Waals surface area contributed by atoms with Crippen LogP contribution in [0.2, 0.25) is 0 Å². The van der Waals surface area contributed by atoms with Crippen LogP contribution in [-0.2, 0) is 0 Å². The molecule has 23 heavy (non-hydrogen) atoms. The number of rotatable bonds is 5. The first kappa shape index (κ1) is 15.6. The highest BCUT2D eigenvalue weighted by atomic mass is 32.1. The first-order chi connectivity index (χ1) is 11.2. The molecule has 6 nitrogen and oxygen atoms in total. The quantitative estimate of drug-likeness (QED) is 0.840. The molecule has 1 amide bonds. The van der Waals surface area contributed by atoms with E-state index in [1.54, 1.807) is 36.4 Å². The molecule has 0 saturated carbocycles. The molecule has 0 spiro atoms. The first-order valence-electron chi connectivity index (χ1n) is 7.29. The van der Waals surface area contributed by atoms with Gasteiger partial charge in [-0.25, -0.2) is 4.98 Å². The third-order valence-electron chi connectivity index (χ3n) is 3.74. The van der Waals surface area contributed by atoms with Gasteiger partial charge in [0.05, 0.1) is 26.3 Å². The molecule has 0 radical (unpaired) electrons. The van der Waals surface area contributed by atoms with Crippen molar-refractivity contribution in [3.8, 4) is 16.7 Å². The maximum Gasteiger partial charge on any atom is 0.273 e. The molecule has 2 heterocycles. The molecule has 0 bridgehead atoms. The van der Waals surface area contributed by atoms with Gasteiger partial charge in [0.25, 0.3) is 11.1 Å². The summed E-state index contributed by atoms with van der Waals surface area (Å²) in [5.74, 6) is 0.934. The summed E-state index contributed by atoms with van der Waals surface area (Å²) in [5.41, 5.74) is 0.502. The smallest absolute Gasteiger partial charge is 0.273 e. The largest absolute Gasteiger partial charge is 0.493 e. The number of benzene rings is 1. The fraction of sp³-hybridized carbons (Fsp3) is 0.375. The van der Waals surface area contributed by atoms with E-state index in [-0.39, 0.29) is 12.0 Å². The van der Waals surface area contributed by atoms with Crippen molar-refractivity contribution in [2.45, 2.75) is 12.5 Å². The summed E-state index contributed by atoms with van der Waals surface area (Å²) in [6.07, 6.45) is 2.47. The average Bonchev–Trinajstić information content (AvgIpc) is 3.25. The molecule has 1 atom stereocenters. The zero-order chi connectivity index (χ0) is 16.2. The van der Waals surface area contributed by atoms with E-state index < -0.39 is 0 Å². The Hall–Kier alpha value is -2.28. The van der Waals surface area contributed by atoms with E-state index in [0.29, 0.717) is 35.3 Å². The van der Waals surface area contributed by atoms with Crippen molar-refractivity contribution in [3.63, 3.8) is 0 Å². The van der Waals surface area contributed by atoms with Crippen LogP contribution in [-0.4, -0.2) is 49.2 Å². The lowest BCUT2D eigenvalue weighted by atomic mass is 10.1. The number of hydrogen-bond acceptors (Lipinski definition) is 6. The number of carbonyl (C=O) groups excluding carboxylic acids is 1. The molecule has 2 aromatic rings. The number of para-hydroxylation sites is 1.